The first-order valence-electron chi connectivity index (χ1n) is 4.29. The summed E-state index contributed by atoms with van der Waals surface area (Å²) in [5, 5.41) is 7.07. The maximum Gasteiger partial charge on any atom is 0.0459 e. The molecule has 68 valence electrons. The second-order valence-electron chi connectivity index (χ2n) is 2.75. The number of rotatable bonds is 1. The minimum absolute atomic E-state index is 1.02. The van der Waals surface area contributed by atoms with Crippen molar-refractivity contribution in [3.8, 4) is 12.0 Å². The quantitative estimate of drug-likeness (QED) is 0.549. The van der Waals surface area contributed by atoms with Crippen molar-refractivity contribution < 1.29 is 0 Å². The van der Waals surface area contributed by atoms with Gasteiger partial charge in [0.1, 0.15) is 0 Å². The van der Waals surface area contributed by atoms with Gasteiger partial charge in [-0.15, -0.1) is 0 Å². The first kappa shape index (κ1) is 8.86. The highest BCUT2D eigenvalue weighted by Crippen LogP contribution is 2.05. The van der Waals surface area contributed by atoms with Crippen LogP contribution >= 0.6 is 11.3 Å². The largest absolute Gasteiger partial charge is 0.315 e. The minimum Gasteiger partial charge on any atom is -0.315 e. The van der Waals surface area contributed by atoms with Crippen molar-refractivity contribution in [2.24, 2.45) is 0 Å². The van der Waals surface area contributed by atoms with Crippen LogP contribution in [0.3, 0.4) is 0 Å². The fraction of sp³-hybridized carbons (Fsp3) is 0. The van der Waals surface area contributed by atoms with Gasteiger partial charge in [0.2, 0.25) is 0 Å². The van der Waals surface area contributed by atoms with Crippen LogP contribution in [-0.4, -0.2) is 0 Å². The fourth-order valence-corrected chi connectivity index (χ4v) is 1.62. The molecule has 0 saturated carbocycles. The molecule has 0 saturated heterocycles. The summed E-state index contributed by atoms with van der Waals surface area (Å²) in [5.74, 6) is 3.02. The Kier molecular flexibility index (Phi) is 2.85. The van der Waals surface area contributed by atoms with Crippen LogP contribution in [0.4, 0.5) is 5.69 Å². The normalized spacial score (nSPS) is 8.86. The van der Waals surface area contributed by atoms with E-state index in [2.05, 4.69) is 17.3 Å². The molecule has 1 nitrogen and oxygen atoms in total. The van der Waals surface area contributed by atoms with Crippen LogP contribution in [0.1, 0.15) is 5.56 Å². The van der Waals surface area contributed by atoms with Crippen LogP contribution in [0.15, 0.2) is 47.2 Å². The lowest BCUT2D eigenvalue weighted by atomic mass is 10.3. The van der Waals surface area contributed by atoms with Gasteiger partial charge in [-0.3, -0.25) is 0 Å². The van der Waals surface area contributed by atoms with E-state index in [9.17, 15) is 0 Å². The number of benzene rings is 1. The van der Waals surface area contributed by atoms with Crippen molar-refractivity contribution >= 4 is 17.0 Å². The molecule has 0 amide bonds. The predicted octanol–water partition coefficient (Wildman–Crippen LogP) is 3.17. The third-order valence-electron chi connectivity index (χ3n) is 1.71. The molecule has 0 radical (unpaired) electrons. The molecule has 14 heavy (non-hydrogen) atoms. The zero-order valence-corrected chi connectivity index (χ0v) is 8.34. The maximum absolute atomic E-state index is 3.03. The molecule has 0 fully saturated rings. The molecule has 0 aliphatic rings. The maximum atomic E-state index is 3.03. The number of para-hydroxylation sites is 1. The van der Waals surface area contributed by atoms with E-state index in [0.717, 1.165) is 11.3 Å². The van der Waals surface area contributed by atoms with Gasteiger partial charge in [0.15, 0.2) is 0 Å². The molecule has 2 aromatic rings. The fourth-order valence-electron chi connectivity index (χ4n) is 1.03. The molecule has 1 aromatic heterocycles. The topological polar surface area (TPSA) is 12.0 Å². The summed E-state index contributed by atoms with van der Waals surface area (Å²) < 4.78 is 0. The smallest absolute Gasteiger partial charge is 0.0459 e. The molecule has 1 N–H and O–H groups in total. The summed E-state index contributed by atoms with van der Waals surface area (Å²) in [6, 6.07) is 14.8. The summed E-state index contributed by atoms with van der Waals surface area (Å²) in [6.45, 7) is 0. The van der Waals surface area contributed by atoms with Gasteiger partial charge in [-0.25, -0.2) is 0 Å². The van der Waals surface area contributed by atoms with E-state index in [0.29, 0.717) is 0 Å². The number of hydrogen-bond acceptors (Lipinski definition) is 2. The molecule has 0 unspecified atom stereocenters. The Balaban J connectivity index is 2.01. The Hall–Kier alpha value is -1.72. The Bertz CT molecular complexity index is 434. The molecule has 0 bridgehead atoms. The van der Waals surface area contributed by atoms with Crippen LogP contribution in [0.2, 0.25) is 0 Å². The average Bonchev–Trinajstić information content (AvgIpc) is 2.72. The van der Waals surface area contributed by atoms with Crippen molar-refractivity contribution in [1.29, 1.82) is 0 Å². The monoisotopic (exact) mass is 199 g/mol. The molecule has 0 aliphatic heterocycles. The van der Waals surface area contributed by atoms with Crippen LogP contribution in [0, 0.1) is 12.0 Å². The highest BCUT2D eigenvalue weighted by atomic mass is 32.1. The second kappa shape index (κ2) is 4.50. The molecular formula is C12H9NS. The Morgan fingerprint density at radius 1 is 1.07 bits per heavy atom. The van der Waals surface area contributed by atoms with Gasteiger partial charge < -0.3 is 5.32 Å². The van der Waals surface area contributed by atoms with Crippen molar-refractivity contribution in [2.45, 2.75) is 0 Å². The predicted molar refractivity (Wildman–Crippen MR) is 61.3 cm³/mol. The molecular weight excluding hydrogens is 190 g/mol. The van der Waals surface area contributed by atoms with Crippen LogP contribution in [0.5, 0.6) is 0 Å². The minimum atomic E-state index is 1.02. The van der Waals surface area contributed by atoms with Crippen molar-refractivity contribution in [2.75, 3.05) is 5.32 Å². The van der Waals surface area contributed by atoms with Crippen molar-refractivity contribution in [3.63, 3.8) is 0 Å². The van der Waals surface area contributed by atoms with E-state index >= 15 is 0 Å². The average molecular weight is 199 g/mol. The van der Waals surface area contributed by atoms with E-state index in [1.54, 1.807) is 11.3 Å². The zero-order chi connectivity index (χ0) is 9.64. The highest BCUT2D eigenvalue weighted by molar-refractivity contribution is 7.08. The molecule has 0 spiro atoms. The van der Waals surface area contributed by atoms with E-state index in [-0.39, 0.29) is 0 Å². The lowest BCUT2D eigenvalue weighted by Crippen LogP contribution is -1.86. The Morgan fingerprint density at radius 2 is 1.93 bits per heavy atom. The van der Waals surface area contributed by atoms with Gasteiger partial charge in [-0.05, 0) is 29.5 Å². The third kappa shape index (κ3) is 2.38. The molecule has 1 aromatic carbocycles. The lowest BCUT2D eigenvalue weighted by molar-refractivity contribution is 1.63. The summed E-state index contributed by atoms with van der Waals surface area (Å²) in [6.07, 6.45) is 0. The van der Waals surface area contributed by atoms with Gasteiger partial charge in [-0.1, -0.05) is 18.2 Å². The standard InChI is InChI=1S/C12H9NS/c1-2-4-12(5-3-1)13-8-6-11-7-9-14-10-11/h1-5,7,9-10,13H. The van der Waals surface area contributed by atoms with E-state index in [1.165, 1.54) is 0 Å². The van der Waals surface area contributed by atoms with Gasteiger partial charge in [0.25, 0.3) is 0 Å². The summed E-state index contributed by atoms with van der Waals surface area (Å²) in [5.41, 5.74) is 2.08. The van der Waals surface area contributed by atoms with E-state index < -0.39 is 0 Å². The van der Waals surface area contributed by atoms with Crippen LogP contribution in [0.25, 0.3) is 0 Å². The second-order valence-corrected chi connectivity index (χ2v) is 3.53. The highest BCUT2D eigenvalue weighted by Gasteiger charge is 1.85. The molecule has 0 atom stereocenters. The van der Waals surface area contributed by atoms with E-state index in [1.807, 2.05) is 47.2 Å². The Morgan fingerprint density at radius 3 is 2.64 bits per heavy atom. The third-order valence-corrected chi connectivity index (χ3v) is 2.39. The first-order valence-corrected chi connectivity index (χ1v) is 5.24. The lowest BCUT2D eigenvalue weighted by Gasteiger charge is -1.94. The first-order chi connectivity index (χ1) is 6.95. The molecule has 2 heteroatoms. The van der Waals surface area contributed by atoms with E-state index in [4.69, 9.17) is 0 Å². The number of thiophene rings is 1. The number of hydrogen-bond donors (Lipinski definition) is 1. The van der Waals surface area contributed by atoms with Crippen LogP contribution < -0.4 is 5.32 Å². The number of nitrogens with one attached hydrogen (secondary N) is 1. The van der Waals surface area contributed by atoms with Gasteiger partial charge in [-0.2, -0.15) is 11.3 Å². The van der Waals surface area contributed by atoms with Crippen LogP contribution in [-0.2, 0) is 0 Å². The van der Waals surface area contributed by atoms with Crippen molar-refractivity contribution in [1.82, 2.24) is 0 Å². The van der Waals surface area contributed by atoms with Gasteiger partial charge >= 0.3 is 0 Å². The zero-order valence-electron chi connectivity index (χ0n) is 7.53. The summed E-state index contributed by atoms with van der Waals surface area (Å²) >= 11 is 1.66. The summed E-state index contributed by atoms with van der Waals surface area (Å²) in [4.78, 5) is 0. The molecule has 0 aliphatic carbocycles. The molecule has 1 heterocycles. The van der Waals surface area contributed by atoms with Gasteiger partial charge in [0.05, 0.1) is 0 Å². The number of anilines is 1. The van der Waals surface area contributed by atoms with Crippen molar-refractivity contribution in [3.05, 3.63) is 52.7 Å². The van der Waals surface area contributed by atoms with Gasteiger partial charge in [0, 0.05) is 22.7 Å². The SMILES string of the molecule is C(#Cc1ccsc1)Nc1ccccc1. The summed E-state index contributed by atoms with van der Waals surface area (Å²) in [7, 11) is 0. The Labute approximate surface area is 87.4 Å². The molecule has 2 rings (SSSR count).